The molecule has 1 aliphatic rings. The molecule has 1 fully saturated rings. The van der Waals surface area contributed by atoms with Gasteiger partial charge in [0.05, 0.1) is 12.2 Å². The van der Waals surface area contributed by atoms with Gasteiger partial charge in [-0.2, -0.15) is 0 Å². The summed E-state index contributed by atoms with van der Waals surface area (Å²) in [5, 5.41) is 8.79. The van der Waals surface area contributed by atoms with Crippen LogP contribution in [-0.4, -0.2) is 17.7 Å². The minimum Gasteiger partial charge on any atom is -0.481 e. The number of ether oxygens (including phenoxy) is 1. The summed E-state index contributed by atoms with van der Waals surface area (Å²) in [6.07, 6.45) is 1.64. The first-order chi connectivity index (χ1) is 8.03. The molecule has 1 aromatic rings. The van der Waals surface area contributed by atoms with E-state index in [1.54, 1.807) is 0 Å². The molecule has 0 radical (unpaired) electrons. The van der Waals surface area contributed by atoms with Crippen molar-refractivity contribution in [3.63, 3.8) is 0 Å². The molecule has 0 aromatic heterocycles. The Kier molecular flexibility index (Phi) is 3.20. The normalized spacial score (nSPS) is 23.2. The molecule has 1 saturated heterocycles. The Morgan fingerprint density at radius 3 is 2.59 bits per heavy atom. The van der Waals surface area contributed by atoms with Gasteiger partial charge in [0.25, 0.3) is 0 Å². The number of rotatable bonds is 4. The number of carboxylic acid groups (broad SMARTS) is 1. The van der Waals surface area contributed by atoms with Crippen molar-refractivity contribution in [1.29, 1.82) is 0 Å². The van der Waals surface area contributed by atoms with Gasteiger partial charge in [0, 0.05) is 12.8 Å². The molecule has 1 heterocycles. The van der Waals surface area contributed by atoms with E-state index in [0.29, 0.717) is 6.42 Å². The van der Waals surface area contributed by atoms with Gasteiger partial charge in [-0.15, -0.1) is 0 Å². The molecule has 1 aliphatic heterocycles. The molecule has 1 N–H and O–H groups in total. The van der Waals surface area contributed by atoms with E-state index >= 15 is 0 Å². The van der Waals surface area contributed by atoms with Crippen LogP contribution < -0.4 is 0 Å². The zero-order valence-corrected chi connectivity index (χ0v) is 10.3. The van der Waals surface area contributed by atoms with Crippen molar-refractivity contribution in [2.45, 2.75) is 38.7 Å². The van der Waals surface area contributed by atoms with Crippen LogP contribution in [-0.2, 0) is 15.1 Å². The molecular weight excluding hydrogens is 216 g/mol. The molecule has 92 valence electrons. The molecule has 1 unspecified atom stereocenters. The average Bonchev–Trinajstić information content (AvgIpc) is 2.21. The summed E-state index contributed by atoms with van der Waals surface area (Å²) in [5.41, 5.74) is 3.25. The maximum atomic E-state index is 10.7. The van der Waals surface area contributed by atoms with Crippen molar-refractivity contribution in [1.82, 2.24) is 0 Å². The van der Waals surface area contributed by atoms with E-state index in [9.17, 15) is 4.79 Å². The average molecular weight is 234 g/mol. The lowest BCUT2D eigenvalue weighted by Crippen LogP contribution is -2.41. The SMILES string of the molecule is Cc1ccc(C2(CCC(=O)O)CCO2)cc1C. The summed E-state index contributed by atoms with van der Waals surface area (Å²) < 4.78 is 5.69. The van der Waals surface area contributed by atoms with Crippen LogP contribution in [0.3, 0.4) is 0 Å². The van der Waals surface area contributed by atoms with E-state index in [-0.39, 0.29) is 12.0 Å². The zero-order chi connectivity index (χ0) is 12.5. The molecule has 3 nitrogen and oxygen atoms in total. The fraction of sp³-hybridized carbons (Fsp3) is 0.500. The van der Waals surface area contributed by atoms with Gasteiger partial charge in [-0.1, -0.05) is 18.2 Å². The van der Waals surface area contributed by atoms with Crippen molar-refractivity contribution in [3.8, 4) is 0 Å². The van der Waals surface area contributed by atoms with Crippen LogP contribution in [0.5, 0.6) is 0 Å². The number of carbonyl (C=O) groups is 1. The molecule has 17 heavy (non-hydrogen) atoms. The topological polar surface area (TPSA) is 46.5 Å². The molecule has 0 spiro atoms. The van der Waals surface area contributed by atoms with Crippen molar-refractivity contribution in [2.24, 2.45) is 0 Å². The number of carboxylic acids is 1. The van der Waals surface area contributed by atoms with Crippen molar-refractivity contribution in [2.75, 3.05) is 6.61 Å². The van der Waals surface area contributed by atoms with Gasteiger partial charge in [0.1, 0.15) is 0 Å². The highest BCUT2D eigenvalue weighted by atomic mass is 16.5. The fourth-order valence-corrected chi connectivity index (χ4v) is 2.25. The van der Waals surface area contributed by atoms with Gasteiger partial charge < -0.3 is 9.84 Å². The summed E-state index contributed by atoms with van der Waals surface area (Å²) in [6.45, 7) is 4.87. The highest BCUT2D eigenvalue weighted by molar-refractivity contribution is 5.66. The van der Waals surface area contributed by atoms with Crippen LogP contribution in [0, 0.1) is 13.8 Å². The highest BCUT2D eigenvalue weighted by Crippen LogP contribution is 2.41. The second kappa shape index (κ2) is 4.49. The second-order valence-corrected chi connectivity index (χ2v) is 4.79. The molecule has 1 aromatic carbocycles. The van der Waals surface area contributed by atoms with Gasteiger partial charge >= 0.3 is 5.97 Å². The van der Waals surface area contributed by atoms with Crippen molar-refractivity contribution >= 4 is 5.97 Å². The Hall–Kier alpha value is -1.35. The lowest BCUT2D eigenvalue weighted by atomic mass is 9.81. The van der Waals surface area contributed by atoms with Crippen LogP contribution in [0.2, 0.25) is 0 Å². The number of aliphatic carboxylic acids is 1. The zero-order valence-electron chi connectivity index (χ0n) is 10.3. The number of aryl methyl sites for hydroxylation is 2. The quantitative estimate of drug-likeness (QED) is 0.871. The lowest BCUT2D eigenvalue weighted by Gasteiger charge is -2.42. The molecule has 0 saturated carbocycles. The lowest BCUT2D eigenvalue weighted by molar-refractivity contribution is -0.165. The van der Waals surface area contributed by atoms with Gasteiger partial charge in [-0.25, -0.2) is 0 Å². The van der Waals surface area contributed by atoms with Crippen molar-refractivity contribution < 1.29 is 14.6 Å². The second-order valence-electron chi connectivity index (χ2n) is 4.79. The summed E-state index contributed by atoms with van der Waals surface area (Å²) in [6, 6.07) is 6.26. The number of hydrogen-bond donors (Lipinski definition) is 1. The molecular formula is C14H18O3. The van der Waals surface area contributed by atoms with E-state index < -0.39 is 5.97 Å². The van der Waals surface area contributed by atoms with E-state index in [0.717, 1.165) is 18.6 Å². The third-order valence-corrected chi connectivity index (χ3v) is 3.66. The van der Waals surface area contributed by atoms with E-state index in [1.807, 2.05) is 0 Å². The fourth-order valence-electron chi connectivity index (χ4n) is 2.25. The molecule has 0 aliphatic carbocycles. The maximum absolute atomic E-state index is 10.7. The Labute approximate surface area is 101 Å². The standard InChI is InChI=1S/C14H18O3/c1-10-3-4-12(9-11(10)2)14(7-8-17-14)6-5-13(15)16/h3-4,9H,5-8H2,1-2H3,(H,15,16). The van der Waals surface area contributed by atoms with Gasteiger partial charge in [0.15, 0.2) is 0 Å². The third kappa shape index (κ3) is 2.34. The first-order valence-electron chi connectivity index (χ1n) is 5.97. The summed E-state index contributed by atoms with van der Waals surface area (Å²) in [7, 11) is 0. The van der Waals surface area contributed by atoms with E-state index in [2.05, 4.69) is 32.0 Å². The number of benzene rings is 1. The number of hydrogen-bond acceptors (Lipinski definition) is 2. The Morgan fingerprint density at radius 2 is 2.12 bits per heavy atom. The maximum Gasteiger partial charge on any atom is 0.303 e. The Morgan fingerprint density at radius 1 is 1.41 bits per heavy atom. The van der Waals surface area contributed by atoms with Gasteiger partial charge in [0.2, 0.25) is 0 Å². The van der Waals surface area contributed by atoms with Crippen LogP contribution in [0.1, 0.15) is 36.0 Å². The Balaban J connectivity index is 2.22. The molecule has 2 rings (SSSR count). The summed E-state index contributed by atoms with van der Waals surface area (Å²) in [4.78, 5) is 10.7. The molecule has 0 bridgehead atoms. The first-order valence-corrected chi connectivity index (χ1v) is 5.97. The highest BCUT2D eigenvalue weighted by Gasteiger charge is 2.40. The molecule has 1 atom stereocenters. The smallest absolute Gasteiger partial charge is 0.303 e. The molecule has 0 amide bonds. The predicted molar refractivity (Wildman–Crippen MR) is 65.0 cm³/mol. The largest absolute Gasteiger partial charge is 0.481 e. The molecule has 3 heteroatoms. The van der Waals surface area contributed by atoms with Gasteiger partial charge in [-0.3, -0.25) is 4.79 Å². The third-order valence-electron chi connectivity index (χ3n) is 3.66. The van der Waals surface area contributed by atoms with Crippen LogP contribution in [0.25, 0.3) is 0 Å². The predicted octanol–water partition coefficient (Wildman–Crippen LogP) is 2.78. The van der Waals surface area contributed by atoms with E-state index in [1.165, 1.54) is 11.1 Å². The van der Waals surface area contributed by atoms with Crippen LogP contribution in [0.15, 0.2) is 18.2 Å². The first kappa shape index (κ1) is 12.1. The van der Waals surface area contributed by atoms with Crippen molar-refractivity contribution in [3.05, 3.63) is 34.9 Å². The van der Waals surface area contributed by atoms with Crippen LogP contribution >= 0.6 is 0 Å². The van der Waals surface area contributed by atoms with Gasteiger partial charge in [-0.05, 0) is 37.0 Å². The van der Waals surface area contributed by atoms with Crippen LogP contribution in [0.4, 0.5) is 0 Å². The van der Waals surface area contributed by atoms with E-state index in [4.69, 9.17) is 9.84 Å². The minimum absolute atomic E-state index is 0.160. The Bertz CT molecular complexity index is 433. The summed E-state index contributed by atoms with van der Waals surface area (Å²) >= 11 is 0. The monoisotopic (exact) mass is 234 g/mol. The summed E-state index contributed by atoms with van der Waals surface area (Å²) in [5.74, 6) is -0.760. The minimum atomic E-state index is -0.760.